The number of hydrogen-bond acceptors (Lipinski definition) is 7. The molecule has 2 heterocycles. The minimum Gasteiger partial charge on any atom is -0.369 e. The van der Waals surface area contributed by atoms with E-state index in [4.69, 9.17) is 5.73 Å². The molecule has 0 saturated carbocycles. The fourth-order valence-corrected chi connectivity index (χ4v) is 5.21. The average Bonchev–Trinajstić information content (AvgIpc) is 3.22. The number of amides is 2. The van der Waals surface area contributed by atoms with Gasteiger partial charge in [-0.2, -0.15) is 0 Å². The summed E-state index contributed by atoms with van der Waals surface area (Å²) in [5.74, 6) is -0.304. The van der Waals surface area contributed by atoms with E-state index < -0.39 is 0 Å². The topological polar surface area (TPSA) is 98.0 Å². The number of nitrogens with two attached hydrogens (primary N) is 1. The molecule has 2 amide bonds. The van der Waals surface area contributed by atoms with Crippen LogP contribution in [0.25, 0.3) is 11.3 Å². The molecular formula is C19H20N4O2S3. The number of thioether (sulfide) groups is 1. The van der Waals surface area contributed by atoms with Crippen LogP contribution >= 0.6 is 34.4 Å². The van der Waals surface area contributed by atoms with Crippen molar-refractivity contribution in [2.24, 2.45) is 5.73 Å². The number of aryl methyl sites for hydroxylation is 3. The van der Waals surface area contributed by atoms with Gasteiger partial charge in [0, 0.05) is 15.8 Å². The lowest BCUT2D eigenvalue weighted by molar-refractivity contribution is -0.117. The van der Waals surface area contributed by atoms with Crippen LogP contribution in [0.2, 0.25) is 0 Å². The molecule has 0 aliphatic heterocycles. The van der Waals surface area contributed by atoms with Crippen LogP contribution in [0, 0.1) is 20.8 Å². The molecule has 1 aromatic carbocycles. The Kier molecular flexibility index (Phi) is 6.48. The van der Waals surface area contributed by atoms with Gasteiger partial charge in [0.15, 0.2) is 9.47 Å². The van der Waals surface area contributed by atoms with Gasteiger partial charge in [0.1, 0.15) is 0 Å². The first-order valence-corrected chi connectivity index (χ1v) is 11.2. The van der Waals surface area contributed by atoms with Gasteiger partial charge in [0.2, 0.25) is 11.8 Å². The fraction of sp³-hybridized carbons (Fsp3) is 0.263. The molecule has 0 aliphatic rings. The highest BCUT2D eigenvalue weighted by molar-refractivity contribution is 8.01. The van der Waals surface area contributed by atoms with Crippen LogP contribution in [-0.4, -0.2) is 27.5 Å². The molecule has 0 saturated heterocycles. The lowest BCUT2D eigenvalue weighted by Crippen LogP contribution is -2.13. The largest absolute Gasteiger partial charge is 0.369 e. The molecule has 2 aromatic heterocycles. The summed E-state index contributed by atoms with van der Waals surface area (Å²) in [5.41, 5.74) is 10.3. The summed E-state index contributed by atoms with van der Waals surface area (Å²) in [4.78, 5) is 33.0. The molecular weight excluding hydrogens is 412 g/mol. The van der Waals surface area contributed by atoms with E-state index in [9.17, 15) is 9.59 Å². The summed E-state index contributed by atoms with van der Waals surface area (Å²) in [6, 6.07) is 6.20. The highest BCUT2D eigenvalue weighted by atomic mass is 32.2. The van der Waals surface area contributed by atoms with Gasteiger partial charge >= 0.3 is 0 Å². The normalized spacial score (nSPS) is 10.8. The summed E-state index contributed by atoms with van der Waals surface area (Å²) in [6.45, 7) is 5.98. The van der Waals surface area contributed by atoms with E-state index in [1.54, 1.807) is 0 Å². The maximum atomic E-state index is 12.2. The van der Waals surface area contributed by atoms with Gasteiger partial charge in [-0.15, -0.1) is 22.7 Å². The number of hydrogen-bond donors (Lipinski definition) is 2. The summed E-state index contributed by atoms with van der Waals surface area (Å²) in [6.07, 6.45) is 0.177. The standard InChI is InChI=1S/C19H20N4O2S3/c1-10-4-5-13(6-11(10)2)14-8-26-18(22-14)23-17(25)9-27-19-21-12(3)15(28-19)7-16(20)24/h4-6,8H,7,9H2,1-3H3,(H2,20,24)(H,22,23,25). The van der Waals surface area contributed by atoms with Crippen molar-refractivity contribution >= 4 is 51.4 Å². The van der Waals surface area contributed by atoms with Crippen LogP contribution in [0.4, 0.5) is 5.13 Å². The minimum absolute atomic E-state index is 0.143. The van der Waals surface area contributed by atoms with Crippen molar-refractivity contribution in [2.75, 3.05) is 11.1 Å². The van der Waals surface area contributed by atoms with Gasteiger partial charge in [0.25, 0.3) is 0 Å². The number of nitrogens with one attached hydrogen (secondary N) is 1. The highest BCUT2D eigenvalue weighted by Crippen LogP contribution is 2.29. The average molecular weight is 433 g/mol. The van der Waals surface area contributed by atoms with Crippen molar-refractivity contribution in [2.45, 2.75) is 31.5 Å². The Morgan fingerprint density at radius 2 is 1.96 bits per heavy atom. The predicted molar refractivity (Wildman–Crippen MR) is 116 cm³/mol. The number of rotatable bonds is 7. The zero-order valence-corrected chi connectivity index (χ0v) is 18.2. The molecule has 0 radical (unpaired) electrons. The van der Waals surface area contributed by atoms with Gasteiger partial charge < -0.3 is 11.1 Å². The molecule has 9 heteroatoms. The van der Waals surface area contributed by atoms with Crippen molar-refractivity contribution in [1.29, 1.82) is 0 Å². The van der Waals surface area contributed by atoms with Crippen LogP contribution < -0.4 is 11.1 Å². The Labute approximate surface area is 175 Å². The zero-order valence-electron chi connectivity index (χ0n) is 15.7. The number of aromatic nitrogens is 2. The van der Waals surface area contributed by atoms with Gasteiger partial charge in [-0.25, -0.2) is 9.97 Å². The van der Waals surface area contributed by atoms with E-state index in [0.717, 1.165) is 26.2 Å². The third kappa shape index (κ3) is 5.18. The Morgan fingerprint density at radius 3 is 2.68 bits per heavy atom. The SMILES string of the molecule is Cc1ccc(-c2csc(NC(=O)CSc3nc(C)c(CC(N)=O)s3)n2)cc1C. The Morgan fingerprint density at radius 1 is 1.18 bits per heavy atom. The predicted octanol–water partition coefficient (Wildman–Crippen LogP) is 3.95. The Balaban J connectivity index is 1.57. The van der Waals surface area contributed by atoms with Gasteiger partial charge in [-0.05, 0) is 38.0 Å². The monoisotopic (exact) mass is 432 g/mol. The lowest BCUT2D eigenvalue weighted by Gasteiger charge is -2.02. The molecule has 6 nitrogen and oxygen atoms in total. The van der Waals surface area contributed by atoms with Gasteiger partial charge in [-0.1, -0.05) is 23.9 Å². The van der Waals surface area contributed by atoms with Crippen molar-refractivity contribution in [1.82, 2.24) is 9.97 Å². The summed E-state index contributed by atoms with van der Waals surface area (Å²) < 4.78 is 0.749. The zero-order chi connectivity index (χ0) is 20.3. The first-order chi connectivity index (χ1) is 13.3. The Bertz CT molecular complexity index is 1030. The lowest BCUT2D eigenvalue weighted by atomic mass is 10.1. The number of anilines is 1. The number of benzene rings is 1. The summed E-state index contributed by atoms with van der Waals surface area (Å²) in [7, 11) is 0. The number of carbonyl (C=O) groups is 2. The highest BCUT2D eigenvalue weighted by Gasteiger charge is 2.13. The van der Waals surface area contributed by atoms with Crippen molar-refractivity contribution in [3.05, 3.63) is 45.3 Å². The molecule has 0 spiro atoms. The van der Waals surface area contributed by atoms with E-state index in [1.807, 2.05) is 18.4 Å². The van der Waals surface area contributed by atoms with E-state index in [1.165, 1.54) is 45.6 Å². The molecule has 3 N–H and O–H groups in total. The van der Waals surface area contributed by atoms with Crippen molar-refractivity contribution < 1.29 is 9.59 Å². The third-order valence-electron chi connectivity index (χ3n) is 4.09. The molecule has 3 rings (SSSR count). The molecule has 0 bridgehead atoms. The number of thiazole rings is 2. The smallest absolute Gasteiger partial charge is 0.236 e. The van der Waals surface area contributed by atoms with Crippen LogP contribution in [-0.2, 0) is 16.0 Å². The molecule has 146 valence electrons. The van der Waals surface area contributed by atoms with E-state index in [0.29, 0.717) is 5.13 Å². The fourth-order valence-electron chi connectivity index (χ4n) is 2.43. The molecule has 0 fully saturated rings. The minimum atomic E-state index is -0.385. The van der Waals surface area contributed by atoms with E-state index in [2.05, 4.69) is 41.3 Å². The second-order valence-corrected chi connectivity index (χ2v) is 9.47. The Hall–Kier alpha value is -2.23. The molecule has 0 aliphatic carbocycles. The number of nitrogens with zero attached hydrogens (tertiary/aromatic N) is 2. The maximum absolute atomic E-state index is 12.2. The molecule has 3 aromatic rings. The summed E-state index contributed by atoms with van der Waals surface area (Å²) in [5, 5.41) is 5.34. The van der Waals surface area contributed by atoms with E-state index >= 15 is 0 Å². The van der Waals surface area contributed by atoms with Crippen LogP contribution in [0.3, 0.4) is 0 Å². The van der Waals surface area contributed by atoms with E-state index in [-0.39, 0.29) is 24.0 Å². The summed E-state index contributed by atoms with van der Waals surface area (Å²) >= 11 is 4.14. The van der Waals surface area contributed by atoms with Crippen LogP contribution in [0.15, 0.2) is 27.9 Å². The van der Waals surface area contributed by atoms with Crippen LogP contribution in [0.1, 0.15) is 21.7 Å². The van der Waals surface area contributed by atoms with Gasteiger partial charge in [-0.3, -0.25) is 9.59 Å². The first kappa shape index (κ1) is 20.5. The quantitative estimate of drug-likeness (QED) is 0.551. The van der Waals surface area contributed by atoms with Crippen molar-refractivity contribution in [3.8, 4) is 11.3 Å². The number of primary amides is 1. The molecule has 0 unspecified atom stereocenters. The molecule has 28 heavy (non-hydrogen) atoms. The second kappa shape index (κ2) is 8.85. The first-order valence-electron chi connectivity index (χ1n) is 8.52. The third-order valence-corrected chi connectivity index (χ3v) is 7.15. The molecule has 0 atom stereocenters. The second-order valence-electron chi connectivity index (χ2n) is 6.31. The number of carbonyl (C=O) groups excluding carboxylic acids is 2. The van der Waals surface area contributed by atoms with Gasteiger partial charge in [0.05, 0.1) is 23.6 Å². The van der Waals surface area contributed by atoms with Crippen LogP contribution in [0.5, 0.6) is 0 Å². The maximum Gasteiger partial charge on any atom is 0.236 e. The van der Waals surface area contributed by atoms with Crippen molar-refractivity contribution in [3.63, 3.8) is 0 Å².